The van der Waals surface area contributed by atoms with E-state index in [2.05, 4.69) is 13.8 Å². The summed E-state index contributed by atoms with van der Waals surface area (Å²) in [6.07, 6.45) is 3.70. The van der Waals surface area contributed by atoms with Crippen LogP contribution in [0.15, 0.2) is 23.3 Å². The summed E-state index contributed by atoms with van der Waals surface area (Å²) in [5, 5.41) is 0. The standard InChI is InChI=1S/C10H17NO/c1-7(2)8(3)5-6-9(4)10(11)12/h5-7H,1-4H3,(H2,11,12)/b8-5+,9-6+. The van der Waals surface area contributed by atoms with E-state index in [4.69, 9.17) is 5.73 Å². The average Bonchev–Trinajstić information content (AvgIpc) is 1.98. The Morgan fingerprint density at radius 1 is 1.25 bits per heavy atom. The third kappa shape index (κ3) is 3.96. The maximum Gasteiger partial charge on any atom is 0.244 e. The van der Waals surface area contributed by atoms with Crippen molar-refractivity contribution in [3.63, 3.8) is 0 Å². The van der Waals surface area contributed by atoms with Crippen LogP contribution in [0.25, 0.3) is 0 Å². The summed E-state index contributed by atoms with van der Waals surface area (Å²) in [7, 11) is 0. The van der Waals surface area contributed by atoms with Crippen molar-refractivity contribution >= 4 is 5.91 Å². The molecular weight excluding hydrogens is 150 g/mol. The molecular formula is C10H17NO. The zero-order chi connectivity index (χ0) is 9.72. The van der Waals surface area contributed by atoms with Gasteiger partial charge in [0.15, 0.2) is 0 Å². The first-order valence-electron chi connectivity index (χ1n) is 4.10. The molecule has 0 aromatic heterocycles. The third-order valence-electron chi connectivity index (χ3n) is 1.90. The minimum absolute atomic E-state index is 0.359. The first-order valence-corrected chi connectivity index (χ1v) is 4.10. The fourth-order valence-corrected chi connectivity index (χ4v) is 0.531. The predicted octanol–water partition coefficient (Wildman–Crippen LogP) is 2.02. The maximum atomic E-state index is 10.6. The van der Waals surface area contributed by atoms with E-state index in [-0.39, 0.29) is 5.91 Å². The summed E-state index contributed by atoms with van der Waals surface area (Å²) in [6.45, 7) is 7.97. The minimum Gasteiger partial charge on any atom is -0.366 e. The number of carbonyl (C=O) groups excluding carboxylic acids is 1. The lowest BCUT2D eigenvalue weighted by atomic mass is 10.0. The molecule has 12 heavy (non-hydrogen) atoms. The van der Waals surface area contributed by atoms with Crippen molar-refractivity contribution in [2.24, 2.45) is 11.7 Å². The van der Waals surface area contributed by atoms with Gasteiger partial charge in [0, 0.05) is 5.57 Å². The van der Waals surface area contributed by atoms with Crippen LogP contribution in [0.4, 0.5) is 0 Å². The molecule has 0 heterocycles. The highest BCUT2D eigenvalue weighted by Crippen LogP contribution is 2.08. The number of rotatable bonds is 3. The van der Waals surface area contributed by atoms with Crippen molar-refractivity contribution in [3.8, 4) is 0 Å². The van der Waals surface area contributed by atoms with Gasteiger partial charge in [0.05, 0.1) is 0 Å². The Kier molecular flexibility index (Phi) is 4.34. The van der Waals surface area contributed by atoms with E-state index in [0.29, 0.717) is 11.5 Å². The number of hydrogen-bond acceptors (Lipinski definition) is 1. The van der Waals surface area contributed by atoms with Gasteiger partial charge in [0.2, 0.25) is 5.91 Å². The molecule has 2 heteroatoms. The highest BCUT2D eigenvalue weighted by molar-refractivity contribution is 5.91. The quantitative estimate of drug-likeness (QED) is 0.507. The van der Waals surface area contributed by atoms with Crippen molar-refractivity contribution in [2.45, 2.75) is 27.7 Å². The number of hydrogen-bond donors (Lipinski definition) is 1. The lowest BCUT2D eigenvalue weighted by Crippen LogP contribution is -2.11. The van der Waals surface area contributed by atoms with Gasteiger partial charge < -0.3 is 5.73 Å². The van der Waals surface area contributed by atoms with E-state index < -0.39 is 0 Å². The van der Waals surface area contributed by atoms with Crippen LogP contribution in [0.5, 0.6) is 0 Å². The third-order valence-corrected chi connectivity index (χ3v) is 1.90. The Labute approximate surface area is 74.1 Å². The summed E-state index contributed by atoms with van der Waals surface area (Å²) in [6, 6.07) is 0. The number of nitrogens with two attached hydrogens (primary N) is 1. The van der Waals surface area contributed by atoms with Crippen LogP contribution in [0.2, 0.25) is 0 Å². The molecule has 1 amide bonds. The van der Waals surface area contributed by atoms with Crippen LogP contribution in [-0.2, 0) is 4.79 Å². The van der Waals surface area contributed by atoms with Gasteiger partial charge in [-0.2, -0.15) is 0 Å². The molecule has 2 N–H and O–H groups in total. The highest BCUT2D eigenvalue weighted by Gasteiger charge is 1.96. The zero-order valence-corrected chi connectivity index (χ0v) is 8.22. The van der Waals surface area contributed by atoms with Crippen molar-refractivity contribution in [1.29, 1.82) is 0 Å². The topological polar surface area (TPSA) is 43.1 Å². The molecule has 0 radical (unpaired) electrons. The smallest absolute Gasteiger partial charge is 0.244 e. The molecule has 0 spiro atoms. The van der Waals surface area contributed by atoms with E-state index in [1.165, 1.54) is 5.57 Å². The fraction of sp³-hybridized carbons (Fsp3) is 0.500. The second kappa shape index (κ2) is 4.75. The number of carbonyl (C=O) groups is 1. The van der Waals surface area contributed by atoms with Crippen LogP contribution in [0, 0.1) is 5.92 Å². The Bertz CT molecular complexity index is 224. The molecule has 0 unspecified atom stereocenters. The van der Waals surface area contributed by atoms with Crippen LogP contribution >= 0.6 is 0 Å². The Morgan fingerprint density at radius 3 is 2.08 bits per heavy atom. The van der Waals surface area contributed by atoms with Crippen molar-refractivity contribution < 1.29 is 4.79 Å². The molecule has 68 valence electrons. The van der Waals surface area contributed by atoms with Gasteiger partial charge in [-0.15, -0.1) is 0 Å². The van der Waals surface area contributed by atoms with E-state index in [1.54, 1.807) is 13.0 Å². The summed E-state index contributed by atoms with van der Waals surface area (Å²) in [5.74, 6) is 0.157. The van der Waals surface area contributed by atoms with E-state index >= 15 is 0 Å². The van der Waals surface area contributed by atoms with Gasteiger partial charge >= 0.3 is 0 Å². The summed E-state index contributed by atoms with van der Waals surface area (Å²) in [5.41, 5.74) is 6.90. The van der Waals surface area contributed by atoms with Gasteiger partial charge in [-0.1, -0.05) is 31.6 Å². The number of amides is 1. The summed E-state index contributed by atoms with van der Waals surface area (Å²) in [4.78, 5) is 10.6. The molecule has 0 bridgehead atoms. The molecule has 0 rings (SSSR count). The number of allylic oxidation sites excluding steroid dienone is 3. The monoisotopic (exact) mass is 167 g/mol. The van der Waals surface area contributed by atoms with Gasteiger partial charge in [0.1, 0.15) is 0 Å². The van der Waals surface area contributed by atoms with Crippen LogP contribution in [0.1, 0.15) is 27.7 Å². The van der Waals surface area contributed by atoms with Gasteiger partial charge in [-0.25, -0.2) is 0 Å². The largest absolute Gasteiger partial charge is 0.366 e. The van der Waals surface area contributed by atoms with E-state index in [9.17, 15) is 4.79 Å². The first kappa shape index (κ1) is 11.0. The zero-order valence-electron chi connectivity index (χ0n) is 8.22. The lowest BCUT2D eigenvalue weighted by molar-refractivity contribution is -0.114. The van der Waals surface area contributed by atoms with Crippen LogP contribution < -0.4 is 5.73 Å². The Hall–Kier alpha value is -1.05. The van der Waals surface area contributed by atoms with Gasteiger partial charge in [-0.3, -0.25) is 4.79 Å². The molecule has 0 aliphatic rings. The molecule has 0 aliphatic heterocycles. The Morgan fingerprint density at radius 2 is 1.75 bits per heavy atom. The summed E-state index contributed by atoms with van der Waals surface area (Å²) < 4.78 is 0. The number of primary amides is 1. The lowest BCUT2D eigenvalue weighted by Gasteiger charge is -2.02. The van der Waals surface area contributed by atoms with Gasteiger partial charge in [-0.05, 0) is 19.8 Å². The fourth-order valence-electron chi connectivity index (χ4n) is 0.531. The Balaban J connectivity index is 4.38. The van der Waals surface area contributed by atoms with Gasteiger partial charge in [0.25, 0.3) is 0 Å². The molecule has 0 aromatic carbocycles. The van der Waals surface area contributed by atoms with Crippen LogP contribution in [-0.4, -0.2) is 5.91 Å². The highest BCUT2D eigenvalue weighted by atomic mass is 16.1. The predicted molar refractivity (Wildman–Crippen MR) is 51.5 cm³/mol. The minimum atomic E-state index is -0.359. The average molecular weight is 167 g/mol. The van der Waals surface area contributed by atoms with Crippen molar-refractivity contribution in [1.82, 2.24) is 0 Å². The molecule has 0 saturated carbocycles. The van der Waals surface area contributed by atoms with Crippen molar-refractivity contribution in [2.75, 3.05) is 0 Å². The van der Waals surface area contributed by atoms with Crippen molar-refractivity contribution in [3.05, 3.63) is 23.3 Å². The van der Waals surface area contributed by atoms with E-state index in [1.807, 2.05) is 13.0 Å². The second-order valence-corrected chi connectivity index (χ2v) is 3.28. The maximum absolute atomic E-state index is 10.6. The first-order chi connectivity index (χ1) is 5.45. The SMILES string of the molecule is C/C(=C\C=C(/C)C(C)C)C(N)=O. The normalized spacial score (nSPS) is 13.8. The molecule has 0 fully saturated rings. The second-order valence-electron chi connectivity index (χ2n) is 3.28. The molecule has 0 saturated heterocycles. The molecule has 2 nitrogen and oxygen atoms in total. The molecule has 0 atom stereocenters. The molecule has 0 aliphatic carbocycles. The summed E-state index contributed by atoms with van der Waals surface area (Å²) >= 11 is 0. The molecule has 0 aromatic rings. The van der Waals surface area contributed by atoms with E-state index in [0.717, 1.165) is 0 Å². The van der Waals surface area contributed by atoms with Crippen LogP contribution in [0.3, 0.4) is 0 Å².